The fraction of sp³-hybridized carbons (Fsp3) is 0.0732. The molecule has 0 fully saturated rings. The van der Waals surface area contributed by atoms with Crippen molar-refractivity contribution in [2.45, 2.75) is 25.7 Å². The van der Waals surface area contributed by atoms with Gasteiger partial charge in [0.15, 0.2) is 0 Å². The number of hydrogen-bond donors (Lipinski definition) is 0. The average Bonchev–Trinajstić information content (AvgIpc) is 1.67. The molecule has 0 amide bonds. The lowest BCUT2D eigenvalue weighted by molar-refractivity contribution is 0.758. The number of hydrogen-bond acceptors (Lipinski definition) is 0. The number of benzene rings is 11. The molecule has 82 heavy (non-hydrogen) atoms. The summed E-state index contributed by atoms with van der Waals surface area (Å²) >= 11 is 0. The fourth-order valence-electron chi connectivity index (χ4n) is 15.3. The lowest BCUT2D eigenvalue weighted by Crippen LogP contribution is -2.17. The van der Waals surface area contributed by atoms with Crippen LogP contribution in [0.2, 0.25) is 0 Å². The SMILES string of the molecule is C1=CCCC(c2ccccc2-c2c3ccccc3c(-c3ccccc3C3=CC=CCC3)c3c(-c4cccc(-c5ccccc5)c4)c4c(c(-c5cccc(-c6ccccc6)c5)c23)C2=CC=C3c5cc6ccccc6cc5C5=CC=C4C2C35)=C1. The van der Waals surface area contributed by atoms with Crippen LogP contribution in [0.25, 0.3) is 133 Å². The third kappa shape index (κ3) is 7.17. The minimum atomic E-state index is 0.105. The third-order valence-electron chi connectivity index (χ3n) is 18.7. The Hall–Kier alpha value is -9.88. The van der Waals surface area contributed by atoms with Crippen LogP contribution in [0.4, 0.5) is 0 Å². The molecule has 6 aliphatic rings. The van der Waals surface area contributed by atoms with Crippen LogP contribution >= 0.6 is 0 Å². The summed E-state index contributed by atoms with van der Waals surface area (Å²) in [6.45, 7) is 0. The standard InChI is InChI=1S/C82H56/c1-5-23-51(24-6-1)55-33-21-35-59(47-55)73-79-69-45-43-67-71-49-57-31-13-14-32-58(57)50-72(71)68-44-46-70(78(69)75(67)68)80(79)74(60-36-22-34-56(48-60)52-25-7-2-8-26-52)82-77(64-40-18-16-38-62(64)54-29-11-4-12-30-54)66-42-20-19-41-65(66)76(81(73)82)63-39-17-15-37-61(63)53-27-9-3-10-28-53/h1-9,11,13-27,29,31-50,75,78H,10,12,28,30H2. The van der Waals surface area contributed by atoms with E-state index in [1.54, 1.807) is 0 Å². The summed E-state index contributed by atoms with van der Waals surface area (Å²) in [5, 5.41) is 7.70. The summed E-state index contributed by atoms with van der Waals surface area (Å²) in [5.74, 6) is 0.278. The van der Waals surface area contributed by atoms with E-state index in [9.17, 15) is 0 Å². The number of rotatable bonds is 8. The number of allylic oxidation sites excluding steroid dienone is 16. The van der Waals surface area contributed by atoms with Gasteiger partial charge in [-0.3, -0.25) is 0 Å². The lowest BCUT2D eigenvalue weighted by Gasteiger charge is -2.31. The third-order valence-corrected chi connectivity index (χ3v) is 18.7. The molecule has 11 aromatic carbocycles. The molecule has 0 saturated heterocycles. The highest BCUT2D eigenvalue weighted by atomic mass is 14.5. The molecule has 0 heteroatoms. The van der Waals surface area contributed by atoms with E-state index >= 15 is 0 Å². The van der Waals surface area contributed by atoms with E-state index in [0.717, 1.165) is 25.7 Å². The maximum atomic E-state index is 2.55. The molecule has 0 bridgehead atoms. The van der Waals surface area contributed by atoms with Crippen molar-refractivity contribution < 1.29 is 0 Å². The van der Waals surface area contributed by atoms with Crippen molar-refractivity contribution in [1.29, 1.82) is 0 Å². The van der Waals surface area contributed by atoms with Gasteiger partial charge in [-0.2, -0.15) is 0 Å². The van der Waals surface area contributed by atoms with Gasteiger partial charge in [-0.1, -0.05) is 255 Å². The first-order valence-electron chi connectivity index (χ1n) is 29.4. The maximum absolute atomic E-state index is 2.55. The van der Waals surface area contributed by atoms with Crippen molar-refractivity contribution >= 4 is 65.8 Å². The van der Waals surface area contributed by atoms with Gasteiger partial charge in [-0.15, -0.1) is 0 Å². The zero-order chi connectivity index (χ0) is 53.8. The molecule has 17 rings (SSSR count). The Labute approximate surface area is 479 Å². The van der Waals surface area contributed by atoms with Crippen LogP contribution in [0, 0.1) is 11.8 Å². The van der Waals surface area contributed by atoms with E-state index in [1.165, 1.54) is 166 Å². The molecule has 0 N–H and O–H groups in total. The second kappa shape index (κ2) is 18.9. The molecule has 0 radical (unpaired) electrons. The normalized spacial score (nSPS) is 17.2. The van der Waals surface area contributed by atoms with Crippen LogP contribution in [0.5, 0.6) is 0 Å². The first-order valence-corrected chi connectivity index (χ1v) is 29.4. The van der Waals surface area contributed by atoms with Crippen molar-refractivity contribution in [3.05, 3.63) is 313 Å². The molecule has 0 aliphatic heterocycles. The predicted octanol–water partition coefficient (Wildman–Crippen LogP) is 22.1. The van der Waals surface area contributed by atoms with Crippen molar-refractivity contribution in [3.63, 3.8) is 0 Å². The highest BCUT2D eigenvalue weighted by molar-refractivity contribution is 6.33. The van der Waals surface area contributed by atoms with Crippen molar-refractivity contribution in [2.75, 3.05) is 0 Å². The maximum Gasteiger partial charge on any atom is 0.0212 e. The smallest absolute Gasteiger partial charge is 0.0212 e. The topological polar surface area (TPSA) is 0 Å². The largest absolute Gasteiger partial charge is 0.0842 e. The monoisotopic (exact) mass is 1040 g/mol. The Morgan fingerprint density at radius 2 is 0.634 bits per heavy atom. The first kappa shape index (κ1) is 47.0. The van der Waals surface area contributed by atoms with Crippen molar-refractivity contribution in [1.82, 2.24) is 0 Å². The summed E-state index contributed by atoms with van der Waals surface area (Å²) in [7, 11) is 0. The van der Waals surface area contributed by atoms with Crippen LogP contribution < -0.4 is 0 Å². The zero-order valence-electron chi connectivity index (χ0n) is 45.5. The van der Waals surface area contributed by atoms with E-state index < -0.39 is 0 Å². The van der Waals surface area contributed by atoms with Gasteiger partial charge < -0.3 is 0 Å². The van der Waals surface area contributed by atoms with Crippen molar-refractivity contribution in [2.24, 2.45) is 11.8 Å². The van der Waals surface area contributed by atoms with Crippen LogP contribution in [-0.4, -0.2) is 0 Å². The molecular weight excluding hydrogens is 985 g/mol. The van der Waals surface area contributed by atoms with E-state index in [-0.39, 0.29) is 11.8 Å². The van der Waals surface area contributed by atoms with Gasteiger partial charge in [0.25, 0.3) is 0 Å². The molecule has 11 aromatic rings. The van der Waals surface area contributed by atoms with Gasteiger partial charge in [0.1, 0.15) is 0 Å². The molecule has 0 atom stereocenters. The summed E-state index contributed by atoms with van der Waals surface area (Å²) in [4.78, 5) is 0. The minimum absolute atomic E-state index is 0.105. The Balaban J connectivity index is 1.12. The Morgan fingerprint density at radius 1 is 0.256 bits per heavy atom. The van der Waals surface area contributed by atoms with Crippen LogP contribution in [0.3, 0.4) is 0 Å². The molecule has 0 saturated carbocycles. The van der Waals surface area contributed by atoms with E-state index in [0.29, 0.717) is 0 Å². The minimum Gasteiger partial charge on any atom is -0.0842 e. The second-order valence-corrected chi connectivity index (χ2v) is 23.0. The molecular formula is C82H56. The van der Waals surface area contributed by atoms with E-state index in [1.807, 2.05) is 0 Å². The quantitative estimate of drug-likeness (QED) is 0.133. The second-order valence-electron chi connectivity index (χ2n) is 23.0. The lowest BCUT2D eigenvalue weighted by atomic mass is 9.72. The molecule has 0 spiro atoms. The summed E-state index contributed by atoms with van der Waals surface area (Å²) < 4.78 is 0. The summed E-state index contributed by atoms with van der Waals surface area (Å²) in [5.41, 5.74) is 31.5. The van der Waals surface area contributed by atoms with Gasteiger partial charge in [-0.25, -0.2) is 0 Å². The van der Waals surface area contributed by atoms with Crippen LogP contribution in [-0.2, 0) is 0 Å². The van der Waals surface area contributed by atoms with Crippen molar-refractivity contribution in [3.8, 4) is 66.8 Å². The molecule has 6 aliphatic carbocycles. The zero-order valence-corrected chi connectivity index (χ0v) is 45.5. The highest BCUT2D eigenvalue weighted by Gasteiger charge is 2.50. The first-order chi connectivity index (χ1) is 40.7. The van der Waals surface area contributed by atoms with Gasteiger partial charge in [0.05, 0.1) is 0 Å². The molecule has 0 aromatic heterocycles. The Bertz CT molecular complexity index is 4520. The summed E-state index contributed by atoms with van der Waals surface area (Å²) in [6, 6.07) is 83.1. The molecule has 0 unspecified atom stereocenters. The molecule has 0 heterocycles. The molecule has 384 valence electrons. The summed E-state index contributed by atoms with van der Waals surface area (Å²) in [6.07, 6.45) is 28.1. The van der Waals surface area contributed by atoms with E-state index in [4.69, 9.17) is 0 Å². The van der Waals surface area contributed by atoms with Gasteiger partial charge in [0, 0.05) is 11.8 Å². The number of fused-ring (bicyclic) bond motifs is 9. The Morgan fingerprint density at radius 3 is 1.09 bits per heavy atom. The average molecular weight is 1040 g/mol. The van der Waals surface area contributed by atoms with Gasteiger partial charge >= 0.3 is 0 Å². The Kier molecular flexibility index (Phi) is 10.8. The van der Waals surface area contributed by atoms with E-state index in [2.05, 4.69) is 279 Å². The van der Waals surface area contributed by atoms with Gasteiger partial charge in [0.2, 0.25) is 0 Å². The molecule has 0 nitrogen and oxygen atoms in total. The fourth-order valence-corrected chi connectivity index (χ4v) is 15.3. The predicted molar refractivity (Wildman–Crippen MR) is 350 cm³/mol. The van der Waals surface area contributed by atoms with Crippen LogP contribution in [0.15, 0.2) is 279 Å². The van der Waals surface area contributed by atoms with Gasteiger partial charge in [-0.05, 0) is 216 Å². The van der Waals surface area contributed by atoms with Crippen LogP contribution in [0.1, 0.15) is 59.1 Å². The highest BCUT2D eigenvalue weighted by Crippen LogP contribution is 2.68.